The molecule has 32 heavy (non-hydrogen) atoms. The van der Waals surface area contributed by atoms with Crippen molar-refractivity contribution in [3.63, 3.8) is 0 Å². The van der Waals surface area contributed by atoms with Gasteiger partial charge in [-0.3, -0.25) is 4.90 Å². The normalized spacial score (nSPS) is 19.8. The van der Waals surface area contributed by atoms with Crippen molar-refractivity contribution in [3.05, 3.63) is 35.4 Å². The van der Waals surface area contributed by atoms with Crippen molar-refractivity contribution in [2.45, 2.75) is 76.1 Å². The third kappa shape index (κ3) is 8.48. The first-order valence-corrected chi connectivity index (χ1v) is 14.0. The van der Waals surface area contributed by atoms with Crippen molar-refractivity contribution in [1.29, 1.82) is 0 Å². The summed E-state index contributed by atoms with van der Waals surface area (Å²) in [6.07, 6.45) is 11.9. The van der Waals surface area contributed by atoms with Gasteiger partial charge in [0.05, 0.1) is 12.3 Å². The number of guanidine groups is 1. The Balaban J connectivity index is 0.00000363. The van der Waals surface area contributed by atoms with Crippen LogP contribution in [0.1, 0.15) is 69.4 Å². The molecular weight excluding hydrogens is 535 g/mol. The molecule has 1 aromatic carbocycles. The molecule has 8 heteroatoms. The van der Waals surface area contributed by atoms with Crippen LogP contribution < -0.4 is 10.6 Å². The van der Waals surface area contributed by atoms with Gasteiger partial charge in [0.15, 0.2) is 15.8 Å². The average Bonchev–Trinajstić information content (AvgIpc) is 2.77. The zero-order valence-electron chi connectivity index (χ0n) is 19.7. The second-order valence-electron chi connectivity index (χ2n) is 9.27. The van der Waals surface area contributed by atoms with Crippen LogP contribution in [0.2, 0.25) is 0 Å². The van der Waals surface area contributed by atoms with Crippen LogP contribution in [-0.2, 0) is 22.1 Å². The van der Waals surface area contributed by atoms with Crippen LogP contribution in [0.25, 0.3) is 0 Å². The van der Waals surface area contributed by atoms with Gasteiger partial charge < -0.3 is 10.6 Å². The van der Waals surface area contributed by atoms with Crippen molar-refractivity contribution in [3.8, 4) is 0 Å². The first-order chi connectivity index (χ1) is 14.9. The Kier molecular flexibility index (Phi) is 11.2. The fraction of sp³-hybridized carbons (Fsp3) is 0.708. The highest BCUT2D eigenvalue weighted by atomic mass is 127. The number of aliphatic imine (C=N–C) groups is 1. The highest BCUT2D eigenvalue weighted by molar-refractivity contribution is 14.0. The Labute approximate surface area is 212 Å². The molecule has 0 amide bonds. The summed E-state index contributed by atoms with van der Waals surface area (Å²) >= 11 is 0. The highest BCUT2D eigenvalue weighted by Crippen LogP contribution is 2.35. The topological polar surface area (TPSA) is 73.8 Å². The molecule has 1 saturated carbocycles. The van der Waals surface area contributed by atoms with E-state index >= 15 is 0 Å². The lowest BCUT2D eigenvalue weighted by atomic mass is 9.79. The van der Waals surface area contributed by atoms with Gasteiger partial charge in [0.25, 0.3) is 0 Å². The highest BCUT2D eigenvalue weighted by Gasteiger charge is 2.38. The largest absolute Gasteiger partial charge is 0.357 e. The van der Waals surface area contributed by atoms with E-state index in [1.54, 1.807) is 0 Å². The molecule has 2 aliphatic rings. The van der Waals surface area contributed by atoms with Crippen molar-refractivity contribution in [2.75, 3.05) is 32.4 Å². The fourth-order valence-corrected chi connectivity index (χ4v) is 5.78. The molecule has 1 aliphatic heterocycles. The minimum atomic E-state index is -3.01. The summed E-state index contributed by atoms with van der Waals surface area (Å²) in [5.41, 5.74) is 2.17. The van der Waals surface area contributed by atoms with Crippen LogP contribution in [0.4, 0.5) is 0 Å². The summed E-state index contributed by atoms with van der Waals surface area (Å²) in [5.74, 6) is 0.948. The Morgan fingerprint density at radius 3 is 2.16 bits per heavy atom. The Hall–Kier alpha value is -0.870. The molecule has 0 spiro atoms. The van der Waals surface area contributed by atoms with E-state index in [1.165, 1.54) is 70.7 Å². The third-order valence-corrected chi connectivity index (χ3v) is 7.47. The van der Waals surface area contributed by atoms with Gasteiger partial charge in [0, 0.05) is 24.9 Å². The SMILES string of the molecule is CCNC(=NCc1ccc(CS(C)(=O)=O)cc1)NCC1(N2CCCCC2)CCCCC1.I. The molecule has 0 aromatic heterocycles. The molecule has 0 radical (unpaired) electrons. The molecule has 2 N–H and O–H groups in total. The van der Waals surface area contributed by atoms with Gasteiger partial charge in [-0.25, -0.2) is 13.4 Å². The van der Waals surface area contributed by atoms with Crippen LogP contribution in [0.5, 0.6) is 0 Å². The van der Waals surface area contributed by atoms with Gasteiger partial charge in [0.1, 0.15) is 0 Å². The van der Waals surface area contributed by atoms with E-state index in [0.29, 0.717) is 6.54 Å². The predicted octanol–water partition coefficient (Wildman–Crippen LogP) is 4.09. The van der Waals surface area contributed by atoms with Gasteiger partial charge in [-0.2, -0.15) is 0 Å². The fourth-order valence-electron chi connectivity index (χ4n) is 4.99. The number of rotatable bonds is 8. The van der Waals surface area contributed by atoms with Crippen molar-refractivity contribution in [1.82, 2.24) is 15.5 Å². The molecule has 0 atom stereocenters. The molecule has 0 unspecified atom stereocenters. The third-order valence-electron chi connectivity index (χ3n) is 6.61. The van der Waals surface area contributed by atoms with Gasteiger partial charge in [0.2, 0.25) is 0 Å². The van der Waals surface area contributed by atoms with Gasteiger partial charge in [-0.15, -0.1) is 24.0 Å². The Morgan fingerprint density at radius 2 is 1.56 bits per heavy atom. The molecule has 1 aliphatic carbocycles. The second-order valence-corrected chi connectivity index (χ2v) is 11.4. The smallest absolute Gasteiger partial charge is 0.191 e. The first kappa shape index (κ1) is 27.4. The van der Waals surface area contributed by atoms with Gasteiger partial charge in [-0.05, 0) is 56.8 Å². The molecule has 2 fully saturated rings. The monoisotopic (exact) mass is 576 g/mol. The maximum atomic E-state index is 11.5. The summed E-state index contributed by atoms with van der Waals surface area (Å²) in [5, 5.41) is 7.06. The number of benzene rings is 1. The van der Waals surface area contributed by atoms with Crippen LogP contribution in [-0.4, -0.2) is 57.3 Å². The van der Waals surface area contributed by atoms with E-state index < -0.39 is 9.84 Å². The first-order valence-electron chi connectivity index (χ1n) is 11.9. The molecule has 1 saturated heterocycles. The van der Waals surface area contributed by atoms with E-state index in [-0.39, 0.29) is 35.3 Å². The lowest BCUT2D eigenvalue weighted by molar-refractivity contribution is 0.0368. The number of nitrogens with zero attached hydrogens (tertiary/aromatic N) is 2. The molecule has 1 heterocycles. The van der Waals surface area contributed by atoms with Gasteiger partial charge in [-0.1, -0.05) is 49.9 Å². The summed E-state index contributed by atoms with van der Waals surface area (Å²) in [4.78, 5) is 7.56. The lowest BCUT2D eigenvalue weighted by Gasteiger charge is -2.48. The predicted molar refractivity (Wildman–Crippen MR) is 144 cm³/mol. The standard InChI is InChI=1S/C24H40N4O2S.HI/c1-3-25-23(26-18-21-10-12-22(13-11-21)19-31(2,29)30)27-20-24(14-6-4-7-15-24)28-16-8-5-9-17-28;/h10-13H,3-9,14-20H2,1-2H3,(H2,25,26,27);1H. The maximum Gasteiger partial charge on any atom is 0.191 e. The maximum absolute atomic E-state index is 11.5. The summed E-state index contributed by atoms with van der Waals surface area (Å²) in [6, 6.07) is 7.73. The van der Waals surface area contributed by atoms with E-state index in [4.69, 9.17) is 4.99 Å². The van der Waals surface area contributed by atoms with Gasteiger partial charge >= 0.3 is 0 Å². The number of halogens is 1. The summed E-state index contributed by atoms with van der Waals surface area (Å²) in [7, 11) is -3.01. The number of sulfone groups is 1. The van der Waals surface area contributed by atoms with E-state index in [1.807, 2.05) is 24.3 Å². The van der Waals surface area contributed by atoms with Crippen LogP contribution in [0.15, 0.2) is 29.3 Å². The number of likely N-dealkylation sites (tertiary alicyclic amines) is 1. The van der Waals surface area contributed by atoms with Crippen molar-refractivity contribution in [2.24, 2.45) is 4.99 Å². The van der Waals surface area contributed by atoms with Crippen molar-refractivity contribution >= 4 is 39.8 Å². The Morgan fingerprint density at radius 1 is 0.969 bits per heavy atom. The minimum absolute atomic E-state index is 0. The minimum Gasteiger partial charge on any atom is -0.357 e. The zero-order chi connectivity index (χ0) is 22.2. The van der Waals surface area contributed by atoms with Crippen LogP contribution >= 0.6 is 24.0 Å². The number of piperidine rings is 1. The Bertz CT molecular complexity index is 815. The second kappa shape index (κ2) is 13.1. The zero-order valence-corrected chi connectivity index (χ0v) is 22.9. The van der Waals surface area contributed by atoms with E-state index in [2.05, 4.69) is 22.5 Å². The van der Waals surface area contributed by atoms with E-state index in [0.717, 1.165) is 30.2 Å². The number of hydrogen-bond donors (Lipinski definition) is 2. The van der Waals surface area contributed by atoms with Crippen LogP contribution in [0.3, 0.4) is 0 Å². The number of hydrogen-bond acceptors (Lipinski definition) is 4. The number of nitrogens with one attached hydrogen (secondary N) is 2. The molecule has 6 nitrogen and oxygen atoms in total. The molecular formula is C24H41IN4O2S. The van der Waals surface area contributed by atoms with Crippen LogP contribution in [0, 0.1) is 0 Å². The quantitative estimate of drug-likeness (QED) is 0.277. The lowest BCUT2D eigenvalue weighted by Crippen LogP contribution is -2.59. The molecule has 0 bridgehead atoms. The summed E-state index contributed by atoms with van der Waals surface area (Å²) in [6.45, 7) is 6.91. The average molecular weight is 577 g/mol. The molecule has 1 aromatic rings. The molecule has 3 rings (SSSR count). The molecule has 182 valence electrons. The summed E-state index contributed by atoms with van der Waals surface area (Å²) < 4.78 is 22.9. The van der Waals surface area contributed by atoms with Crippen molar-refractivity contribution < 1.29 is 8.42 Å². The van der Waals surface area contributed by atoms with E-state index in [9.17, 15) is 8.42 Å².